The molecule has 0 aromatic carbocycles. The maximum Gasteiger partial charge on any atom is 0.511 e. The summed E-state index contributed by atoms with van der Waals surface area (Å²) < 4.78 is 69.5. The van der Waals surface area contributed by atoms with Crippen molar-refractivity contribution in [2.75, 3.05) is 0 Å². The molecule has 19 heteroatoms. The van der Waals surface area contributed by atoms with Gasteiger partial charge in [0, 0.05) is 33.2 Å². The summed E-state index contributed by atoms with van der Waals surface area (Å²) >= 11 is 0. The van der Waals surface area contributed by atoms with Crippen LogP contribution in [0.1, 0.15) is 193 Å². The second kappa shape index (κ2) is 17.4. The Morgan fingerprint density at radius 1 is 0.298 bits per heavy atom. The van der Waals surface area contributed by atoms with Gasteiger partial charge in [-0.2, -0.15) is 0 Å². The average Bonchev–Trinajstić information content (AvgIpc) is 3.24. The first-order valence-electron chi connectivity index (χ1n) is 23.7. The van der Waals surface area contributed by atoms with E-state index < -0.39 is 61.6 Å². The van der Waals surface area contributed by atoms with Crippen molar-refractivity contribution < 1.29 is 51.4 Å². The van der Waals surface area contributed by atoms with E-state index in [4.69, 9.17) is 37.0 Å². The van der Waals surface area contributed by atoms with Gasteiger partial charge in [0.15, 0.2) is 0 Å². The van der Waals surface area contributed by atoms with Crippen LogP contribution in [0.3, 0.4) is 0 Å². The lowest BCUT2D eigenvalue weighted by molar-refractivity contribution is -0.0125. The van der Waals surface area contributed by atoms with E-state index in [9.17, 15) is 14.4 Å². The molecular formula is C38H72O12Si7. The highest BCUT2D eigenvalue weighted by Gasteiger charge is 2.82. The molecule has 0 radical (unpaired) electrons. The zero-order valence-corrected chi connectivity index (χ0v) is 41.5. The molecule has 12 nitrogen and oxygen atoms in total. The molecule has 324 valence electrons. The number of hydrogen-bond acceptors (Lipinski definition) is 12. The molecule has 9 fully saturated rings. The lowest BCUT2D eigenvalue weighted by Gasteiger charge is -2.62. The van der Waals surface area contributed by atoms with Gasteiger partial charge < -0.3 is 51.4 Å². The first kappa shape index (κ1) is 43.0. The van der Waals surface area contributed by atoms with Crippen LogP contribution in [-0.4, -0.2) is 76.0 Å². The minimum Gasteiger partial charge on any atom is -0.390 e. The zero-order valence-electron chi connectivity index (χ0n) is 34.5. The van der Waals surface area contributed by atoms with Gasteiger partial charge >= 0.3 is 61.6 Å². The topological polar surface area (TPSA) is 144 Å². The summed E-state index contributed by atoms with van der Waals surface area (Å²) in [6.07, 6.45) is 27.9. The van der Waals surface area contributed by atoms with Gasteiger partial charge in [-0.15, -0.1) is 0 Å². The summed E-state index contributed by atoms with van der Waals surface area (Å²) in [5.74, 6) is 0. The molecular weight excluding hydrogens is 845 g/mol. The summed E-state index contributed by atoms with van der Waals surface area (Å²) in [6.45, 7) is 4.17. The summed E-state index contributed by atoms with van der Waals surface area (Å²) in [4.78, 5) is 40.5. The molecule has 57 heavy (non-hydrogen) atoms. The van der Waals surface area contributed by atoms with Crippen LogP contribution in [0.5, 0.6) is 0 Å². The monoisotopic (exact) mass is 916 g/mol. The standard InChI is InChI=1S/C38H72O12Si7/c1-2-51(39)42-54(35-25-13-5-14-26-35)44-52(40,33-21-9-3-10-22-33)46-56(37-29-17-7-18-30-37)47-53(41,34-23-11-4-12-24-34)45-55(43-51,36-27-15-6-16-28-36)49-57(48-54,50-56)38-31-19-8-20-32-38/h2,33-41H,1,3-32H2. The highest BCUT2D eigenvalue weighted by molar-refractivity contribution is 6.99. The van der Waals surface area contributed by atoms with Crippen molar-refractivity contribution in [1.29, 1.82) is 0 Å². The largest absolute Gasteiger partial charge is 0.511 e. The van der Waals surface area contributed by atoms with Gasteiger partial charge in [-0.1, -0.05) is 122 Å². The minimum absolute atomic E-state index is 0.110. The normalized spacial score (nSPS) is 46.0. The van der Waals surface area contributed by atoms with Crippen LogP contribution in [0.25, 0.3) is 0 Å². The highest BCUT2D eigenvalue weighted by Crippen LogP contribution is 2.60. The van der Waals surface area contributed by atoms with E-state index in [0.717, 1.165) is 193 Å². The molecule has 0 amide bonds. The van der Waals surface area contributed by atoms with E-state index in [0.29, 0.717) is 0 Å². The van der Waals surface area contributed by atoms with E-state index >= 15 is 0 Å². The molecule has 0 aromatic rings. The lowest BCUT2D eigenvalue weighted by atomic mass is 10.0. The van der Waals surface area contributed by atoms with Crippen LogP contribution in [-0.2, 0) is 37.0 Å². The smallest absolute Gasteiger partial charge is 0.390 e. The average molecular weight is 918 g/mol. The minimum atomic E-state index is -4.49. The van der Waals surface area contributed by atoms with Crippen molar-refractivity contribution in [3.8, 4) is 0 Å². The van der Waals surface area contributed by atoms with Gasteiger partial charge in [0.2, 0.25) is 0 Å². The third-order valence-electron chi connectivity index (χ3n) is 15.5. The summed E-state index contributed by atoms with van der Waals surface area (Å²) in [7, 11) is -30.0. The van der Waals surface area contributed by atoms with Crippen molar-refractivity contribution >= 4 is 61.6 Å². The molecule has 4 atom stereocenters. The second-order valence-electron chi connectivity index (χ2n) is 19.4. The molecule has 3 N–H and O–H groups in total. The Balaban J connectivity index is 1.32. The number of hydrogen-bond donors (Lipinski definition) is 3. The fourth-order valence-electron chi connectivity index (χ4n) is 12.3. The predicted molar refractivity (Wildman–Crippen MR) is 228 cm³/mol. The molecule has 0 aromatic heterocycles. The van der Waals surface area contributed by atoms with Crippen molar-refractivity contribution in [3.63, 3.8) is 0 Å². The maximum absolute atomic E-state index is 13.7. The third kappa shape index (κ3) is 8.48. The number of fused-ring (bicyclic) bond motifs is 3. The maximum atomic E-state index is 13.7. The van der Waals surface area contributed by atoms with Crippen LogP contribution in [0.2, 0.25) is 33.2 Å². The summed E-state index contributed by atoms with van der Waals surface area (Å²) in [5, 5.41) is 0. The van der Waals surface area contributed by atoms with Gasteiger partial charge in [-0.3, -0.25) is 0 Å². The van der Waals surface area contributed by atoms with E-state index in [1.54, 1.807) is 0 Å². The van der Waals surface area contributed by atoms with Gasteiger partial charge in [0.25, 0.3) is 0 Å². The van der Waals surface area contributed by atoms with Crippen LogP contribution >= 0.6 is 0 Å². The SMILES string of the molecule is C=C[Si]1(O)O[Si]2(C3CCCCC3)O[Si](O)(C3CCCCC3)O[Si]3(C4CCCCC4)O[Si](O)(C4CCCCC4)O[Si](C4CCCCC4)(O1)O[Si](C1CCCCC1)(O2)O3. The molecule has 4 bridgehead atoms. The van der Waals surface area contributed by atoms with Crippen LogP contribution in [0, 0.1) is 0 Å². The van der Waals surface area contributed by atoms with Crippen LogP contribution in [0.4, 0.5) is 0 Å². The first-order chi connectivity index (χ1) is 27.6. The van der Waals surface area contributed by atoms with Gasteiger partial charge in [-0.05, 0) is 82.7 Å². The van der Waals surface area contributed by atoms with Crippen molar-refractivity contribution in [2.45, 2.75) is 226 Å². The first-order valence-corrected chi connectivity index (χ1v) is 36.4. The van der Waals surface area contributed by atoms with E-state index in [-0.39, 0.29) is 33.2 Å². The molecule has 3 heterocycles. The Kier molecular flexibility index (Phi) is 13.1. The molecule has 4 unspecified atom stereocenters. The Morgan fingerprint density at radius 2 is 0.509 bits per heavy atom. The number of rotatable bonds is 7. The molecule has 3 saturated heterocycles. The van der Waals surface area contributed by atoms with Crippen LogP contribution < -0.4 is 0 Å². The molecule has 0 spiro atoms. The predicted octanol–water partition coefficient (Wildman–Crippen LogP) is 9.46. The van der Waals surface area contributed by atoms with Crippen molar-refractivity contribution in [2.24, 2.45) is 0 Å². The molecule has 6 aliphatic carbocycles. The highest BCUT2D eigenvalue weighted by atomic mass is 28.6. The Hall–Kier alpha value is 0.778. The van der Waals surface area contributed by atoms with Crippen molar-refractivity contribution in [3.05, 3.63) is 12.3 Å². The zero-order chi connectivity index (χ0) is 39.2. The molecule has 3 aliphatic heterocycles. The summed E-state index contributed by atoms with van der Waals surface area (Å²) in [6, 6.07) is 0. The van der Waals surface area contributed by atoms with E-state index in [2.05, 4.69) is 6.58 Å². The van der Waals surface area contributed by atoms with Gasteiger partial charge in [-0.25, -0.2) is 0 Å². The second-order valence-corrected chi connectivity index (χ2v) is 40.7. The fourth-order valence-corrected chi connectivity index (χ4v) is 53.0. The molecule has 6 saturated carbocycles. The molecule has 9 rings (SSSR count). The fraction of sp³-hybridized carbons (Fsp3) is 0.947. The van der Waals surface area contributed by atoms with Crippen molar-refractivity contribution in [1.82, 2.24) is 0 Å². The van der Waals surface area contributed by atoms with E-state index in [1.807, 2.05) is 0 Å². The Morgan fingerprint density at radius 3 is 0.754 bits per heavy atom. The molecule has 9 aliphatic rings. The van der Waals surface area contributed by atoms with Crippen LogP contribution in [0.15, 0.2) is 12.3 Å². The Bertz CT molecular complexity index is 1320. The lowest BCUT2D eigenvalue weighted by Crippen LogP contribution is -2.85. The summed E-state index contributed by atoms with van der Waals surface area (Å²) in [5.41, 5.74) is 0.215. The van der Waals surface area contributed by atoms with E-state index in [1.165, 1.54) is 5.70 Å². The Labute approximate surface area is 349 Å². The van der Waals surface area contributed by atoms with Gasteiger partial charge in [0.05, 0.1) is 0 Å². The quantitative estimate of drug-likeness (QED) is 0.209. The van der Waals surface area contributed by atoms with Gasteiger partial charge in [0.1, 0.15) is 0 Å². The third-order valence-corrected chi connectivity index (χ3v) is 46.2.